The van der Waals surface area contributed by atoms with Crippen molar-refractivity contribution in [1.29, 1.82) is 5.26 Å². The van der Waals surface area contributed by atoms with Gasteiger partial charge in [0.05, 0.1) is 16.5 Å². The van der Waals surface area contributed by atoms with E-state index < -0.39 is 10.0 Å². The van der Waals surface area contributed by atoms with Gasteiger partial charge < -0.3 is 5.11 Å². The third-order valence-corrected chi connectivity index (χ3v) is 5.11. The molecule has 1 aromatic carbocycles. The van der Waals surface area contributed by atoms with Gasteiger partial charge in [-0.2, -0.15) is 9.57 Å². The summed E-state index contributed by atoms with van der Waals surface area (Å²) in [5.41, 5.74) is 1.11. The number of hydrogen-bond donors (Lipinski definition) is 1. The molecule has 0 saturated heterocycles. The third kappa shape index (κ3) is 3.57. The molecule has 6 heteroatoms. The molecule has 110 valence electrons. The average Bonchev–Trinajstić information content (AvgIpc) is 2.38. The molecule has 0 amide bonds. The molecule has 0 aromatic heterocycles. The van der Waals surface area contributed by atoms with Crippen LogP contribution in [0.15, 0.2) is 23.1 Å². The fourth-order valence-electron chi connectivity index (χ4n) is 1.94. The van der Waals surface area contributed by atoms with Crippen molar-refractivity contribution in [2.75, 3.05) is 13.2 Å². The third-order valence-electron chi connectivity index (χ3n) is 3.04. The Balaban J connectivity index is 3.20. The zero-order valence-electron chi connectivity index (χ0n) is 12.0. The summed E-state index contributed by atoms with van der Waals surface area (Å²) < 4.78 is 26.6. The average molecular weight is 296 g/mol. The molecule has 0 radical (unpaired) electrons. The number of nitriles is 1. The van der Waals surface area contributed by atoms with Crippen molar-refractivity contribution < 1.29 is 13.5 Å². The molecule has 0 spiro atoms. The lowest BCUT2D eigenvalue weighted by Crippen LogP contribution is -2.38. The lowest BCUT2D eigenvalue weighted by molar-refractivity contribution is 0.258. The highest BCUT2D eigenvalue weighted by Gasteiger charge is 2.26. The first-order valence-corrected chi connectivity index (χ1v) is 7.92. The minimum Gasteiger partial charge on any atom is -0.396 e. The van der Waals surface area contributed by atoms with Crippen molar-refractivity contribution in [3.05, 3.63) is 29.3 Å². The maximum atomic E-state index is 12.6. The van der Waals surface area contributed by atoms with Crippen LogP contribution in [0.2, 0.25) is 0 Å². The van der Waals surface area contributed by atoms with Crippen molar-refractivity contribution in [2.45, 2.75) is 38.1 Å². The number of benzene rings is 1. The van der Waals surface area contributed by atoms with Crippen molar-refractivity contribution in [3.63, 3.8) is 0 Å². The smallest absolute Gasteiger partial charge is 0.243 e. The predicted molar refractivity (Wildman–Crippen MR) is 76.6 cm³/mol. The van der Waals surface area contributed by atoms with Crippen LogP contribution in [0.1, 0.15) is 31.4 Å². The topological polar surface area (TPSA) is 81.4 Å². The van der Waals surface area contributed by atoms with Gasteiger partial charge in [-0.1, -0.05) is 0 Å². The molecular weight excluding hydrogens is 276 g/mol. The molecule has 0 aliphatic heterocycles. The van der Waals surface area contributed by atoms with Crippen LogP contribution in [0, 0.1) is 18.3 Å². The number of nitrogens with zero attached hydrogens (tertiary/aromatic N) is 2. The van der Waals surface area contributed by atoms with E-state index in [2.05, 4.69) is 0 Å². The zero-order valence-corrected chi connectivity index (χ0v) is 12.8. The molecule has 1 N–H and O–H groups in total. The van der Waals surface area contributed by atoms with Gasteiger partial charge in [0.2, 0.25) is 10.0 Å². The summed E-state index contributed by atoms with van der Waals surface area (Å²) in [7, 11) is -3.61. The van der Waals surface area contributed by atoms with Crippen LogP contribution >= 0.6 is 0 Å². The van der Waals surface area contributed by atoms with Gasteiger partial charge in [0.1, 0.15) is 0 Å². The number of aliphatic hydroxyl groups excluding tert-OH is 1. The van der Waals surface area contributed by atoms with Crippen molar-refractivity contribution in [1.82, 2.24) is 4.31 Å². The molecular formula is C14H20N2O3S. The Hall–Kier alpha value is -1.42. The maximum absolute atomic E-state index is 12.6. The summed E-state index contributed by atoms with van der Waals surface area (Å²) in [6.07, 6.45) is 0.396. The quantitative estimate of drug-likeness (QED) is 0.865. The Labute approximate surface area is 120 Å². The van der Waals surface area contributed by atoms with Crippen LogP contribution in [0.3, 0.4) is 0 Å². The molecule has 0 saturated carbocycles. The predicted octanol–water partition coefficient (Wildman–Crippen LogP) is 1.65. The lowest BCUT2D eigenvalue weighted by atomic mass is 10.1. The molecule has 1 rings (SSSR count). The summed E-state index contributed by atoms with van der Waals surface area (Å²) in [6.45, 7) is 5.53. The van der Waals surface area contributed by atoms with Crippen molar-refractivity contribution in [2.24, 2.45) is 0 Å². The lowest BCUT2D eigenvalue weighted by Gasteiger charge is -2.25. The molecule has 0 heterocycles. The summed E-state index contributed by atoms with van der Waals surface area (Å²) in [5, 5.41) is 17.8. The standard InChI is InChI=1S/C14H20N2O3S/c1-11(2)16(7-4-8-17)20(18,19)14-6-5-13(10-15)12(3)9-14/h5-6,9,11,17H,4,7-8H2,1-3H3. The Bertz CT molecular complexity index is 603. The molecule has 0 aliphatic carbocycles. The molecule has 0 unspecified atom stereocenters. The van der Waals surface area contributed by atoms with Crippen LogP contribution in [0.25, 0.3) is 0 Å². The van der Waals surface area contributed by atoms with Gasteiger partial charge in [0, 0.05) is 19.2 Å². The molecule has 5 nitrogen and oxygen atoms in total. The van der Waals surface area contributed by atoms with Crippen molar-refractivity contribution >= 4 is 10.0 Å². The normalized spacial score (nSPS) is 11.8. The van der Waals surface area contributed by atoms with E-state index in [1.54, 1.807) is 20.8 Å². The Morgan fingerprint density at radius 3 is 2.50 bits per heavy atom. The van der Waals surface area contributed by atoms with Gasteiger partial charge in [-0.15, -0.1) is 0 Å². The van der Waals surface area contributed by atoms with Crippen molar-refractivity contribution in [3.8, 4) is 6.07 Å². The molecule has 0 aliphatic rings. The largest absolute Gasteiger partial charge is 0.396 e. The molecule has 0 atom stereocenters. The Morgan fingerprint density at radius 2 is 2.05 bits per heavy atom. The molecule has 20 heavy (non-hydrogen) atoms. The first-order valence-electron chi connectivity index (χ1n) is 6.48. The second kappa shape index (κ2) is 6.84. The number of rotatable bonds is 6. The highest BCUT2D eigenvalue weighted by molar-refractivity contribution is 7.89. The number of aliphatic hydroxyl groups is 1. The summed E-state index contributed by atoms with van der Waals surface area (Å²) in [6, 6.07) is 6.32. The SMILES string of the molecule is Cc1cc(S(=O)(=O)N(CCCO)C(C)C)ccc1C#N. The van der Waals surface area contributed by atoms with E-state index in [4.69, 9.17) is 10.4 Å². The summed E-state index contributed by atoms with van der Waals surface area (Å²) >= 11 is 0. The van der Waals surface area contributed by atoms with Crippen LogP contribution in [-0.4, -0.2) is 37.0 Å². The van der Waals surface area contributed by atoms with Gasteiger partial charge in [-0.3, -0.25) is 0 Å². The van der Waals surface area contributed by atoms with Gasteiger partial charge >= 0.3 is 0 Å². The first-order chi connectivity index (χ1) is 9.34. The number of hydrogen-bond acceptors (Lipinski definition) is 4. The van der Waals surface area contributed by atoms with Gasteiger partial charge in [0.25, 0.3) is 0 Å². The minimum atomic E-state index is -3.61. The second-order valence-electron chi connectivity index (χ2n) is 4.88. The Morgan fingerprint density at radius 1 is 1.40 bits per heavy atom. The highest BCUT2D eigenvalue weighted by atomic mass is 32.2. The van der Waals surface area contributed by atoms with E-state index in [0.717, 1.165) is 0 Å². The van der Waals surface area contributed by atoms with Crippen LogP contribution in [0.4, 0.5) is 0 Å². The van der Waals surface area contributed by atoms with E-state index in [1.807, 2.05) is 6.07 Å². The highest BCUT2D eigenvalue weighted by Crippen LogP contribution is 2.21. The number of sulfonamides is 1. The monoisotopic (exact) mass is 296 g/mol. The fraction of sp³-hybridized carbons (Fsp3) is 0.500. The van der Waals surface area contributed by atoms with Gasteiger partial charge in [-0.05, 0) is 51.0 Å². The maximum Gasteiger partial charge on any atom is 0.243 e. The van der Waals surface area contributed by atoms with E-state index in [0.29, 0.717) is 17.5 Å². The fourth-order valence-corrected chi connectivity index (χ4v) is 3.70. The van der Waals surface area contributed by atoms with E-state index in [-0.39, 0.29) is 24.1 Å². The first kappa shape index (κ1) is 16.6. The Kier molecular flexibility index (Phi) is 5.69. The van der Waals surface area contributed by atoms with Crippen LogP contribution in [-0.2, 0) is 10.0 Å². The molecule has 1 aromatic rings. The second-order valence-corrected chi connectivity index (χ2v) is 6.77. The molecule has 0 fully saturated rings. The van der Waals surface area contributed by atoms with Gasteiger partial charge in [0.15, 0.2) is 0 Å². The van der Waals surface area contributed by atoms with Gasteiger partial charge in [-0.25, -0.2) is 8.42 Å². The summed E-state index contributed by atoms with van der Waals surface area (Å²) in [5.74, 6) is 0. The minimum absolute atomic E-state index is 0.0505. The van der Waals surface area contributed by atoms with E-state index in [1.165, 1.54) is 22.5 Å². The van der Waals surface area contributed by atoms with Crippen LogP contribution < -0.4 is 0 Å². The summed E-state index contributed by atoms with van der Waals surface area (Å²) in [4.78, 5) is 0.181. The molecule has 0 bridgehead atoms. The van der Waals surface area contributed by atoms with E-state index >= 15 is 0 Å². The van der Waals surface area contributed by atoms with Crippen LogP contribution in [0.5, 0.6) is 0 Å². The van der Waals surface area contributed by atoms with E-state index in [9.17, 15) is 8.42 Å². The number of aryl methyl sites for hydroxylation is 1. The zero-order chi connectivity index (χ0) is 15.3.